The Balaban J connectivity index is 2.43. The largest absolute Gasteiger partial charge is 0.507 e. The summed E-state index contributed by atoms with van der Waals surface area (Å²) < 4.78 is 5.04. The van der Waals surface area contributed by atoms with Crippen LogP contribution in [0.2, 0.25) is 0 Å². The number of nitro benzene ring substituents is 1. The first-order chi connectivity index (χ1) is 11.3. The van der Waals surface area contributed by atoms with Gasteiger partial charge in [-0.05, 0) is 32.4 Å². The van der Waals surface area contributed by atoms with E-state index in [1.807, 2.05) is 13.8 Å². The van der Waals surface area contributed by atoms with Crippen LogP contribution >= 0.6 is 11.3 Å². The van der Waals surface area contributed by atoms with Crippen LogP contribution in [0.3, 0.4) is 0 Å². The molecule has 126 valence electrons. The van der Waals surface area contributed by atoms with Gasteiger partial charge in [-0.25, -0.2) is 9.79 Å². The molecule has 1 N–H and O–H groups in total. The minimum Gasteiger partial charge on any atom is -0.507 e. The Morgan fingerprint density at radius 3 is 2.79 bits per heavy atom. The number of nitrogens with zero attached hydrogens (tertiary/aromatic N) is 2. The molecule has 0 spiro atoms. The zero-order valence-corrected chi connectivity index (χ0v) is 14.2. The number of non-ortho nitro benzene ring substituents is 1. The SMILES string of the molecule is CCOC(=O)c1c(/N=C/c2cc([N+](=O)[O-])ccc2O)sc(C)c1C. The van der Waals surface area contributed by atoms with Crippen molar-refractivity contribution < 1.29 is 19.6 Å². The number of hydrogen-bond donors (Lipinski definition) is 1. The van der Waals surface area contributed by atoms with Crippen LogP contribution in [0.15, 0.2) is 23.2 Å². The van der Waals surface area contributed by atoms with Gasteiger partial charge < -0.3 is 9.84 Å². The molecule has 0 fully saturated rings. The Morgan fingerprint density at radius 2 is 2.17 bits per heavy atom. The highest BCUT2D eigenvalue weighted by atomic mass is 32.1. The number of thiophene rings is 1. The molecule has 0 aliphatic heterocycles. The summed E-state index contributed by atoms with van der Waals surface area (Å²) in [5.41, 5.74) is 1.20. The molecular formula is C16H16N2O5S. The number of aliphatic imine (C=N–C) groups is 1. The monoisotopic (exact) mass is 348 g/mol. The van der Waals surface area contributed by atoms with E-state index in [1.165, 1.54) is 35.8 Å². The van der Waals surface area contributed by atoms with Crippen molar-refractivity contribution in [1.29, 1.82) is 0 Å². The van der Waals surface area contributed by atoms with E-state index in [-0.39, 0.29) is 23.6 Å². The Labute approximate surface area is 142 Å². The van der Waals surface area contributed by atoms with Crippen molar-refractivity contribution in [2.75, 3.05) is 6.61 Å². The van der Waals surface area contributed by atoms with Crippen LogP contribution in [0.1, 0.15) is 33.3 Å². The van der Waals surface area contributed by atoms with E-state index in [9.17, 15) is 20.0 Å². The lowest BCUT2D eigenvalue weighted by Gasteiger charge is -2.02. The Bertz CT molecular complexity index is 826. The molecule has 1 heterocycles. The molecule has 0 radical (unpaired) electrons. The van der Waals surface area contributed by atoms with Crippen molar-refractivity contribution in [3.8, 4) is 5.75 Å². The summed E-state index contributed by atoms with van der Waals surface area (Å²) in [5, 5.41) is 21.1. The lowest BCUT2D eigenvalue weighted by Crippen LogP contribution is -2.05. The third kappa shape index (κ3) is 3.60. The molecule has 0 bridgehead atoms. The molecule has 0 aliphatic rings. The number of aryl methyl sites for hydroxylation is 1. The van der Waals surface area contributed by atoms with Crippen molar-refractivity contribution in [2.24, 2.45) is 4.99 Å². The topological polar surface area (TPSA) is 102 Å². The molecule has 1 aromatic heterocycles. The van der Waals surface area contributed by atoms with Crippen LogP contribution < -0.4 is 0 Å². The van der Waals surface area contributed by atoms with Gasteiger partial charge in [0, 0.05) is 28.8 Å². The number of phenols is 1. The maximum Gasteiger partial charge on any atom is 0.341 e. The summed E-state index contributed by atoms with van der Waals surface area (Å²) in [6, 6.07) is 3.66. The Hall–Kier alpha value is -2.74. The zero-order chi connectivity index (χ0) is 17.9. The van der Waals surface area contributed by atoms with Crippen LogP contribution in [0.4, 0.5) is 10.7 Å². The lowest BCUT2D eigenvalue weighted by atomic mass is 10.1. The normalized spacial score (nSPS) is 11.0. The first-order valence-electron chi connectivity index (χ1n) is 7.13. The molecule has 0 aliphatic carbocycles. The van der Waals surface area contributed by atoms with E-state index in [4.69, 9.17) is 4.74 Å². The van der Waals surface area contributed by atoms with Gasteiger partial charge in [0.2, 0.25) is 0 Å². The third-order valence-electron chi connectivity index (χ3n) is 3.39. The molecule has 0 amide bonds. The second kappa shape index (κ2) is 7.22. The van der Waals surface area contributed by atoms with Crippen LogP contribution in [0.25, 0.3) is 0 Å². The van der Waals surface area contributed by atoms with Gasteiger partial charge in [0.1, 0.15) is 10.8 Å². The first-order valence-corrected chi connectivity index (χ1v) is 7.95. The van der Waals surface area contributed by atoms with Crippen LogP contribution in [-0.4, -0.2) is 28.8 Å². The number of esters is 1. The van der Waals surface area contributed by atoms with Gasteiger partial charge in [0.15, 0.2) is 0 Å². The Kier molecular flexibility index (Phi) is 5.30. The first kappa shape index (κ1) is 17.6. The van der Waals surface area contributed by atoms with Gasteiger partial charge >= 0.3 is 5.97 Å². The van der Waals surface area contributed by atoms with E-state index in [0.29, 0.717) is 10.6 Å². The van der Waals surface area contributed by atoms with Crippen molar-refractivity contribution in [3.63, 3.8) is 0 Å². The number of rotatable bonds is 5. The van der Waals surface area contributed by atoms with E-state index < -0.39 is 10.9 Å². The van der Waals surface area contributed by atoms with Crippen LogP contribution in [0, 0.1) is 24.0 Å². The lowest BCUT2D eigenvalue weighted by molar-refractivity contribution is -0.384. The van der Waals surface area contributed by atoms with Crippen molar-refractivity contribution in [1.82, 2.24) is 0 Å². The number of carbonyl (C=O) groups is 1. The van der Waals surface area contributed by atoms with Gasteiger partial charge in [-0.2, -0.15) is 0 Å². The minimum atomic E-state index is -0.555. The smallest absolute Gasteiger partial charge is 0.341 e. The Morgan fingerprint density at radius 1 is 1.46 bits per heavy atom. The van der Waals surface area contributed by atoms with E-state index in [2.05, 4.69) is 4.99 Å². The van der Waals surface area contributed by atoms with E-state index in [1.54, 1.807) is 6.92 Å². The van der Waals surface area contributed by atoms with E-state index in [0.717, 1.165) is 10.4 Å². The second-order valence-corrected chi connectivity index (χ2v) is 6.15. The zero-order valence-electron chi connectivity index (χ0n) is 13.4. The summed E-state index contributed by atoms with van der Waals surface area (Å²) in [7, 11) is 0. The summed E-state index contributed by atoms with van der Waals surface area (Å²) in [6.07, 6.45) is 1.30. The van der Waals surface area contributed by atoms with Crippen molar-refractivity contribution >= 4 is 34.2 Å². The highest BCUT2D eigenvalue weighted by Gasteiger charge is 2.20. The van der Waals surface area contributed by atoms with Crippen molar-refractivity contribution in [2.45, 2.75) is 20.8 Å². The number of aromatic hydroxyl groups is 1. The van der Waals surface area contributed by atoms with Crippen molar-refractivity contribution in [3.05, 3.63) is 49.9 Å². The molecule has 7 nitrogen and oxygen atoms in total. The quantitative estimate of drug-likeness (QED) is 0.382. The molecule has 1 aromatic carbocycles. The number of ether oxygens (including phenoxy) is 1. The van der Waals surface area contributed by atoms with Gasteiger partial charge in [-0.1, -0.05) is 0 Å². The summed E-state index contributed by atoms with van der Waals surface area (Å²) in [6.45, 7) is 5.65. The van der Waals surface area contributed by atoms with Gasteiger partial charge in [0.05, 0.1) is 17.1 Å². The molecule has 0 unspecified atom stereocenters. The van der Waals surface area contributed by atoms with Crippen LogP contribution in [-0.2, 0) is 4.74 Å². The summed E-state index contributed by atoms with van der Waals surface area (Å²) in [4.78, 5) is 27.5. The van der Waals surface area contributed by atoms with Gasteiger partial charge in [0.25, 0.3) is 5.69 Å². The fourth-order valence-corrected chi connectivity index (χ4v) is 3.02. The number of carbonyl (C=O) groups excluding carboxylic acids is 1. The van der Waals surface area contributed by atoms with Gasteiger partial charge in [-0.3, -0.25) is 10.1 Å². The number of nitro groups is 1. The predicted octanol–water partition coefficient (Wildman–Crippen LogP) is 3.91. The van der Waals surface area contributed by atoms with Gasteiger partial charge in [-0.15, -0.1) is 11.3 Å². The molecular weight excluding hydrogens is 332 g/mol. The second-order valence-electron chi connectivity index (χ2n) is 4.94. The molecule has 2 aromatic rings. The average Bonchev–Trinajstić information content (AvgIpc) is 2.81. The number of benzene rings is 1. The minimum absolute atomic E-state index is 0.132. The summed E-state index contributed by atoms with van der Waals surface area (Å²) in [5.74, 6) is -0.596. The maximum atomic E-state index is 12.1. The number of hydrogen-bond acceptors (Lipinski definition) is 7. The average molecular weight is 348 g/mol. The molecule has 0 saturated carbocycles. The fourth-order valence-electron chi connectivity index (χ4n) is 2.03. The number of phenolic OH excluding ortho intramolecular Hbond substituents is 1. The standard InChI is InChI=1S/C16H16N2O5S/c1-4-23-16(20)14-9(2)10(3)24-15(14)17-8-11-7-12(18(21)22)5-6-13(11)19/h5-8,19H,4H2,1-3H3/b17-8+. The molecule has 0 saturated heterocycles. The predicted molar refractivity (Wildman–Crippen MR) is 91.8 cm³/mol. The molecule has 24 heavy (non-hydrogen) atoms. The molecule has 8 heteroatoms. The highest BCUT2D eigenvalue weighted by Crippen LogP contribution is 2.35. The molecule has 0 atom stereocenters. The fraction of sp³-hybridized carbons (Fsp3) is 0.250. The highest BCUT2D eigenvalue weighted by molar-refractivity contribution is 7.16. The summed E-state index contributed by atoms with van der Waals surface area (Å²) >= 11 is 1.32. The van der Waals surface area contributed by atoms with E-state index >= 15 is 0 Å². The van der Waals surface area contributed by atoms with Crippen LogP contribution in [0.5, 0.6) is 5.75 Å². The molecule has 2 rings (SSSR count). The maximum absolute atomic E-state index is 12.1. The third-order valence-corrected chi connectivity index (χ3v) is 4.50.